The van der Waals surface area contributed by atoms with Crippen molar-refractivity contribution in [3.05, 3.63) is 11.6 Å². The molecule has 102 valence electrons. The number of rotatable bonds is 3. The van der Waals surface area contributed by atoms with E-state index < -0.39 is 0 Å². The maximum atomic E-state index is 6.00. The van der Waals surface area contributed by atoms with Gasteiger partial charge in [0.2, 0.25) is 5.28 Å². The van der Waals surface area contributed by atoms with Crippen molar-refractivity contribution in [3.8, 4) is 0 Å². The van der Waals surface area contributed by atoms with Crippen LogP contribution in [0.15, 0.2) is 6.33 Å². The highest BCUT2D eigenvalue weighted by Crippen LogP contribution is 2.28. The van der Waals surface area contributed by atoms with Crippen LogP contribution in [0.5, 0.6) is 0 Å². The summed E-state index contributed by atoms with van der Waals surface area (Å²) in [6.45, 7) is 4.86. The molecule has 0 bridgehead atoms. The summed E-state index contributed by atoms with van der Waals surface area (Å²) in [7, 11) is 0. The number of anilines is 1. The van der Waals surface area contributed by atoms with Gasteiger partial charge in [0.25, 0.3) is 0 Å². The van der Waals surface area contributed by atoms with Gasteiger partial charge in [0, 0.05) is 12.6 Å². The van der Waals surface area contributed by atoms with E-state index in [1.54, 1.807) is 6.33 Å². The van der Waals surface area contributed by atoms with Crippen molar-refractivity contribution in [1.82, 2.24) is 19.5 Å². The summed E-state index contributed by atoms with van der Waals surface area (Å²) in [5.74, 6) is 0.668. The fourth-order valence-corrected chi connectivity index (χ4v) is 2.42. The van der Waals surface area contributed by atoms with E-state index in [4.69, 9.17) is 16.3 Å². The van der Waals surface area contributed by atoms with Gasteiger partial charge >= 0.3 is 0 Å². The molecular weight excluding hydrogens is 266 g/mol. The molecule has 1 N–H and O–H groups in total. The molecule has 0 amide bonds. The van der Waals surface area contributed by atoms with Gasteiger partial charge in [-0.25, -0.2) is 4.98 Å². The number of hydrogen-bond donors (Lipinski definition) is 1. The summed E-state index contributed by atoms with van der Waals surface area (Å²) >= 11 is 6.00. The van der Waals surface area contributed by atoms with E-state index in [0.717, 1.165) is 30.6 Å². The standard InChI is InChI=1S/C12H16ClN5O/c1-7(2)15-10-9-11(17-12(13)16-10)18(6-14-9)8-4-3-5-19-8/h6-8H,3-5H2,1-2H3,(H,15,16,17)/t8-/m1/s1. The summed E-state index contributed by atoms with van der Waals surface area (Å²) < 4.78 is 7.60. The molecular formula is C12H16ClN5O. The average Bonchev–Trinajstić information content (AvgIpc) is 2.94. The second kappa shape index (κ2) is 4.94. The van der Waals surface area contributed by atoms with Gasteiger partial charge in [-0.2, -0.15) is 9.97 Å². The first-order valence-electron chi connectivity index (χ1n) is 6.43. The van der Waals surface area contributed by atoms with Crippen molar-refractivity contribution in [2.24, 2.45) is 0 Å². The first-order chi connectivity index (χ1) is 9.15. The molecule has 19 heavy (non-hydrogen) atoms. The van der Waals surface area contributed by atoms with Crippen LogP contribution < -0.4 is 5.32 Å². The van der Waals surface area contributed by atoms with Crippen LogP contribution in [0, 0.1) is 0 Å². The monoisotopic (exact) mass is 281 g/mol. The maximum absolute atomic E-state index is 6.00. The second-order valence-electron chi connectivity index (χ2n) is 4.93. The van der Waals surface area contributed by atoms with E-state index in [-0.39, 0.29) is 17.6 Å². The number of aromatic nitrogens is 4. The Morgan fingerprint density at radius 1 is 1.47 bits per heavy atom. The zero-order chi connectivity index (χ0) is 13.4. The first kappa shape index (κ1) is 12.6. The molecule has 3 heterocycles. The molecule has 7 heteroatoms. The largest absolute Gasteiger partial charge is 0.366 e. The third-order valence-electron chi connectivity index (χ3n) is 3.04. The molecule has 1 atom stereocenters. The van der Waals surface area contributed by atoms with Gasteiger partial charge in [-0.15, -0.1) is 0 Å². The lowest BCUT2D eigenvalue weighted by Gasteiger charge is -2.13. The lowest BCUT2D eigenvalue weighted by molar-refractivity contribution is 0.0593. The number of ether oxygens (including phenoxy) is 1. The van der Waals surface area contributed by atoms with Gasteiger partial charge in [0.1, 0.15) is 6.23 Å². The van der Waals surface area contributed by atoms with Crippen molar-refractivity contribution in [2.75, 3.05) is 11.9 Å². The lowest BCUT2D eigenvalue weighted by Crippen LogP contribution is -2.12. The van der Waals surface area contributed by atoms with Crippen molar-refractivity contribution in [3.63, 3.8) is 0 Å². The van der Waals surface area contributed by atoms with Gasteiger partial charge in [-0.05, 0) is 38.3 Å². The van der Waals surface area contributed by atoms with E-state index in [0.29, 0.717) is 5.82 Å². The summed E-state index contributed by atoms with van der Waals surface area (Å²) in [6.07, 6.45) is 3.78. The van der Waals surface area contributed by atoms with Crippen LogP contribution in [-0.4, -0.2) is 32.2 Å². The minimum absolute atomic E-state index is 0.00265. The van der Waals surface area contributed by atoms with Crippen LogP contribution >= 0.6 is 11.6 Å². The normalized spacial score (nSPS) is 19.5. The molecule has 2 aromatic heterocycles. The molecule has 0 aromatic carbocycles. The molecule has 0 saturated carbocycles. The summed E-state index contributed by atoms with van der Waals surface area (Å²) in [6, 6.07) is 0.252. The molecule has 1 saturated heterocycles. The predicted octanol–water partition coefficient (Wildman–Crippen LogP) is 2.61. The molecule has 1 aliphatic rings. The topological polar surface area (TPSA) is 64.9 Å². The van der Waals surface area contributed by atoms with Crippen molar-refractivity contribution >= 4 is 28.6 Å². The molecule has 6 nitrogen and oxygen atoms in total. The molecule has 0 unspecified atom stereocenters. The Labute approximate surface area is 116 Å². The van der Waals surface area contributed by atoms with E-state index in [2.05, 4.69) is 20.3 Å². The maximum Gasteiger partial charge on any atom is 0.226 e. The highest BCUT2D eigenvalue weighted by atomic mass is 35.5. The molecule has 0 aliphatic carbocycles. The van der Waals surface area contributed by atoms with Crippen LogP contribution in [0.4, 0.5) is 5.82 Å². The number of halogens is 1. The van der Waals surface area contributed by atoms with Gasteiger partial charge in [-0.3, -0.25) is 4.57 Å². The third kappa shape index (κ3) is 2.37. The summed E-state index contributed by atoms with van der Waals surface area (Å²) in [4.78, 5) is 12.9. The molecule has 1 fully saturated rings. The van der Waals surface area contributed by atoms with Crippen LogP contribution in [0.25, 0.3) is 11.2 Å². The second-order valence-corrected chi connectivity index (χ2v) is 5.27. The van der Waals surface area contributed by atoms with Gasteiger partial charge in [-0.1, -0.05) is 0 Å². The van der Waals surface area contributed by atoms with Gasteiger partial charge in [0.05, 0.1) is 6.33 Å². The number of nitrogens with one attached hydrogen (secondary N) is 1. The number of nitrogens with zero attached hydrogens (tertiary/aromatic N) is 4. The van der Waals surface area contributed by atoms with Gasteiger partial charge in [0.15, 0.2) is 17.0 Å². The van der Waals surface area contributed by atoms with Crippen LogP contribution in [-0.2, 0) is 4.74 Å². The zero-order valence-electron chi connectivity index (χ0n) is 10.9. The number of hydrogen-bond acceptors (Lipinski definition) is 5. The van der Waals surface area contributed by atoms with E-state index in [9.17, 15) is 0 Å². The van der Waals surface area contributed by atoms with Crippen LogP contribution in [0.2, 0.25) is 5.28 Å². The number of imidazole rings is 1. The molecule has 0 radical (unpaired) electrons. The van der Waals surface area contributed by atoms with E-state index >= 15 is 0 Å². The Bertz CT molecular complexity index is 591. The highest BCUT2D eigenvalue weighted by Gasteiger charge is 2.22. The fourth-order valence-electron chi connectivity index (χ4n) is 2.25. The minimum atomic E-state index is 0.00265. The zero-order valence-corrected chi connectivity index (χ0v) is 11.7. The Balaban J connectivity index is 2.09. The summed E-state index contributed by atoms with van der Waals surface area (Å²) in [5.41, 5.74) is 1.45. The number of fused-ring (bicyclic) bond motifs is 1. The van der Waals surface area contributed by atoms with E-state index in [1.807, 2.05) is 18.4 Å². The van der Waals surface area contributed by atoms with Crippen LogP contribution in [0.3, 0.4) is 0 Å². The third-order valence-corrected chi connectivity index (χ3v) is 3.20. The smallest absolute Gasteiger partial charge is 0.226 e. The Morgan fingerprint density at radius 3 is 3.00 bits per heavy atom. The Hall–Kier alpha value is -1.40. The fraction of sp³-hybridized carbons (Fsp3) is 0.583. The van der Waals surface area contributed by atoms with Gasteiger partial charge < -0.3 is 10.1 Å². The van der Waals surface area contributed by atoms with Crippen molar-refractivity contribution < 1.29 is 4.74 Å². The quantitative estimate of drug-likeness (QED) is 0.876. The first-order valence-corrected chi connectivity index (χ1v) is 6.81. The molecule has 0 spiro atoms. The van der Waals surface area contributed by atoms with E-state index in [1.165, 1.54) is 0 Å². The molecule has 1 aliphatic heterocycles. The molecule has 2 aromatic rings. The van der Waals surface area contributed by atoms with Crippen LogP contribution in [0.1, 0.15) is 32.9 Å². The van der Waals surface area contributed by atoms with Crippen molar-refractivity contribution in [2.45, 2.75) is 39.0 Å². The summed E-state index contributed by atoms with van der Waals surface area (Å²) in [5, 5.41) is 3.46. The SMILES string of the molecule is CC(C)Nc1nc(Cl)nc2c1ncn2[C@H]1CCCO1. The minimum Gasteiger partial charge on any atom is -0.366 e. The highest BCUT2D eigenvalue weighted by molar-refractivity contribution is 6.28. The Kier molecular flexibility index (Phi) is 3.28. The molecule has 3 rings (SSSR count). The average molecular weight is 282 g/mol. The lowest BCUT2D eigenvalue weighted by atomic mass is 10.3. The predicted molar refractivity (Wildman–Crippen MR) is 73.3 cm³/mol. The Morgan fingerprint density at radius 2 is 2.32 bits per heavy atom. The van der Waals surface area contributed by atoms with Crippen molar-refractivity contribution in [1.29, 1.82) is 0 Å².